The summed E-state index contributed by atoms with van der Waals surface area (Å²) in [5, 5.41) is 3.11. The van der Waals surface area contributed by atoms with Gasteiger partial charge in [-0.1, -0.05) is 19.8 Å². The van der Waals surface area contributed by atoms with Gasteiger partial charge >= 0.3 is 5.63 Å². The zero-order chi connectivity index (χ0) is 16.4. The molecule has 0 aliphatic carbocycles. The zero-order valence-electron chi connectivity index (χ0n) is 13.5. The number of amides is 2. The number of rotatable bonds is 4. The number of hydrogen-bond acceptors (Lipinski definition) is 5. The van der Waals surface area contributed by atoms with Gasteiger partial charge in [-0.05, 0) is 31.2 Å². The van der Waals surface area contributed by atoms with Crippen molar-refractivity contribution in [3.05, 3.63) is 33.4 Å². The number of imide groups is 1. The van der Waals surface area contributed by atoms with Crippen LogP contribution in [0.5, 0.6) is 0 Å². The van der Waals surface area contributed by atoms with E-state index in [0.29, 0.717) is 30.6 Å². The van der Waals surface area contributed by atoms with Crippen LogP contribution in [0.15, 0.2) is 15.3 Å². The number of carbonyl (C=O) groups excluding carboxylic acids is 2. The number of hydrogen-bond donors (Lipinski definition) is 0. The van der Waals surface area contributed by atoms with Crippen molar-refractivity contribution in [1.29, 1.82) is 0 Å². The molecule has 6 nitrogen and oxygen atoms in total. The molecule has 3 heterocycles. The fraction of sp³-hybridized carbons (Fsp3) is 0.588. The molecule has 0 N–H and O–H groups in total. The summed E-state index contributed by atoms with van der Waals surface area (Å²) in [7, 11) is 0. The fourth-order valence-electron chi connectivity index (χ4n) is 3.34. The molecule has 0 bridgehead atoms. The third-order valence-electron chi connectivity index (χ3n) is 4.49. The number of hydrazine groups is 1. The summed E-state index contributed by atoms with van der Waals surface area (Å²) in [5.41, 5.74) is 0.641. The SMILES string of the molecule is CCCCc1cc(=O)oc2c1C(=O)N(N1CCCCC1)C(=O)C2. The van der Waals surface area contributed by atoms with Crippen molar-refractivity contribution in [1.82, 2.24) is 10.0 Å². The predicted octanol–water partition coefficient (Wildman–Crippen LogP) is 1.91. The Morgan fingerprint density at radius 1 is 1.13 bits per heavy atom. The molecule has 0 unspecified atom stereocenters. The first-order chi connectivity index (χ1) is 11.1. The minimum atomic E-state index is -0.484. The van der Waals surface area contributed by atoms with E-state index >= 15 is 0 Å². The van der Waals surface area contributed by atoms with Crippen molar-refractivity contribution >= 4 is 11.8 Å². The number of piperidine rings is 1. The molecule has 2 aliphatic heterocycles. The zero-order valence-corrected chi connectivity index (χ0v) is 13.5. The Morgan fingerprint density at radius 2 is 1.87 bits per heavy atom. The molecule has 0 atom stereocenters. The lowest BCUT2D eigenvalue weighted by molar-refractivity contribution is -0.144. The molecule has 3 rings (SSSR count). The molecule has 0 saturated carbocycles. The molecule has 0 spiro atoms. The van der Waals surface area contributed by atoms with Crippen LogP contribution >= 0.6 is 0 Å². The number of nitrogens with zero attached hydrogens (tertiary/aromatic N) is 2. The maximum atomic E-state index is 12.9. The van der Waals surface area contributed by atoms with Crippen LogP contribution in [0.25, 0.3) is 0 Å². The monoisotopic (exact) mass is 318 g/mol. The van der Waals surface area contributed by atoms with Crippen LogP contribution < -0.4 is 5.63 Å². The van der Waals surface area contributed by atoms with Gasteiger partial charge in [0.25, 0.3) is 11.8 Å². The number of carbonyl (C=O) groups is 2. The van der Waals surface area contributed by atoms with E-state index in [2.05, 4.69) is 6.92 Å². The van der Waals surface area contributed by atoms with Crippen molar-refractivity contribution in [3.8, 4) is 0 Å². The maximum Gasteiger partial charge on any atom is 0.336 e. The first-order valence-electron chi connectivity index (χ1n) is 8.40. The molecular formula is C17H22N2O4. The van der Waals surface area contributed by atoms with Crippen molar-refractivity contribution in [2.24, 2.45) is 0 Å². The summed E-state index contributed by atoms with van der Waals surface area (Å²) in [6.07, 6.45) is 5.58. The van der Waals surface area contributed by atoms with Gasteiger partial charge in [-0.25, -0.2) is 14.8 Å². The Labute approximate surface area is 135 Å². The minimum Gasteiger partial charge on any atom is -0.426 e. The Bertz CT molecular complexity index is 674. The van der Waals surface area contributed by atoms with Crippen LogP contribution in [0.4, 0.5) is 0 Å². The summed E-state index contributed by atoms with van der Waals surface area (Å²) in [6.45, 7) is 3.49. The summed E-state index contributed by atoms with van der Waals surface area (Å²) in [6, 6.07) is 1.40. The van der Waals surface area contributed by atoms with E-state index in [1.807, 2.05) is 5.01 Å². The van der Waals surface area contributed by atoms with Gasteiger partial charge in [0.05, 0.1) is 12.0 Å². The predicted molar refractivity (Wildman–Crippen MR) is 83.9 cm³/mol. The largest absolute Gasteiger partial charge is 0.426 e. The van der Waals surface area contributed by atoms with Gasteiger partial charge in [0.1, 0.15) is 5.76 Å². The van der Waals surface area contributed by atoms with Crippen LogP contribution in [0.3, 0.4) is 0 Å². The summed E-state index contributed by atoms with van der Waals surface area (Å²) < 4.78 is 5.15. The topological polar surface area (TPSA) is 70.8 Å². The third kappa shape index (κ3) is 3.08. The van der Waals surface area contributed by atoms with E-state index in [4.69, 9.17) is 4.42 Å². The van der Waals surface area contributed by atoms with Crippen molar-refractivity contribution in [3.63, 3.8) is 0 Å². The maximum absolute atomic E-state index is 12.9. The van der Waals surface area contributed by atoms with Crippen LogP contribution in [0, 0.1) is 0 Å². The van der Waals surface area contributed by atoms with E-state index in [0.717, 1.165) is 32.1 Å². The normalized spacial score (nSPS) is 19.1. The number of aryl methyl sites for hydroxylation is 1. The molecule has 1 fully saturated rings. The Hall–Kier alpha value is -1.95. The molecule has 2 amide bonds. The lowest BCUT2D eigenvalue weighted by Crippen LogP contribution is -2.55. The van der Waals surface area contributed by atoms with Crippen LogP contribution in [0.1, 0.15) is 60.7 Å². The van der Waals surface area contributed by atoms with Gasteiger partial charge in [0, 0.05) is 19.2 Å². The van der Waals surface area contributed by atoms with E-state index in [-0.39, 0.29) is 24.0 Å². The van der Waals surface area contributed by atoms with Gasteiger partial charge in [-0.3, -0.25) is 9.59 Å². The smallest absolute Gasteiger partial charge is 0.336 e. The van der Waals surface area contributed by atoms with Crippen LogP contribution in [0.2, 0.25) is 0 Å². The Morgan fingerprint density at radius 3 is 2.57 bits per heavy atom. The second-order valence-corrected chi connectivity index (χ2v) is 6.19. The average Bonchev–Trinajstić information content (AvgIpc) is 2.53. The fourth-order valence-corrected chi connectivity index (χ4v) is 3.34. The second kappa shape index (κ2) is 6.66. The lowest BCUT2D eigenvalue weighted by atomic mass is 9.97. The van der Waals surface area contributed by atoms with Crippen molar-refractivity contribution < 1.29 is 14.0 Å². The van der Waals surface area contributed by atoms with Gasteiger partial charge in [-0.15, -0.1) is 0 Å². The Kier molecular flexibility index (Phi) is 4.61. The van der Waals surface area contributed by atoms with E-state index < -0.39 is 5.63 Å². The average molecular weight is 318 g/mol. The standard InChI is InChI=1S/C17H22N2O4/c1-2-3-7-12-10-15(21)23-13-11-14(20)19(17(22)16(12)13)18-8-5-4-6-9-18/h10H,2-9,11H2,1H3. The van der Waals surface area contributed by atoms with Gasteiger partial charge in [-0.2, -0.15) is 0 Å². The minimum absolute atomic E-state index is 0.0211. The molecule has 1 aromatic heterocycles. The highest BCUT2D eigenvalue weighted by molar-refractivity contribution is 6.09. The molecule has 1 saturated heterocycles. The van der Waals surface area contributed by atoms with E-state index in [1.54, 1.807) is 0 Å². The Balaban J connectivity index is 1.98. The van der Waals surface area contributed by atoms with Crippen molar-refractivity contribution in [2.75, 3.05) is 13.1 Å². The molecule has 6 heteroatoms. The molecule has 0 radical (unpaired) electrons. The molecule has 124 valence electrons. The van der Waals surface area contributed by atoms with E-state index in [9.17, 15) is 14.4 Å². The quantitative estimate of drug-likeness (QED) is 0.793. The third-order valence-corrected chi connectivity index (χ3v) is 4.49. The molecule has 23 heavy (non-hydrogen) atoms. The molecular weight excluding hydrogens is 296 g/mol. The first-order valence-corrected chi connectivity index (χ1v) is 8.40. The van der Waals surface area contributed by atoms with Gasteiger partial charge in [0.2, 0.25) is 0 Å². The van der Waals surface area contributed by atoms with Gasteiger partial charge in [0.15, 0.2) is 0 Å². The summed E-state index contributed by atoms with van der Waals surface area (Å²) in [5.74, 6) is -0.417. The van der Waals surface area contributed by atoms with Crippen LogP contribution in [-0.2, 0) is 17.6 Å². The molecule has 2 aliphatic rings. The highest BCUT2D eigenvalue weighted by Gasteiger charge is 2.38. The highest BCUT2D eigenvalue weighted by atomic mass is 16.4. The summed E-state index contributed by atoms with van der Waals surface area (Å²) in [4.78, 5) is 37.0. The summed E-state index contributed by atoms with van der Waals surface area (Å²) >= 11 is 0. The number of unbranched alkanes of at least 4 members (excludes halogenated alkanes) is 1. The highest BCUT2D eigenvalue weighted by Crippen LogP contribution is 2.26. The second-order valence-electron chi connectivity index (χ2n) is 6.19. The van der Waals surface area contributed by atoms with Crippen LogP contribution in [-0.4, -0.2) is 34.9 Å². The lowest BCUT2D eigenvalue weighted by Gasteiger charge is -2.38. The number of fused-ring (bicyclic) bond motifs is 1. The molecule has 0 aromatic carbocycles. The van der Waals surface area contributed by atoms with Gasteiger partial charge < -0.3 is 4.42 Å². The van der Waals surface area contributed by atoms with E-state index in [1.165, 1.54) is 11.1 Å². The first kappa shape index (κ1) is 15.9. The van der Waals surface area contributed by atoms with Crippen molar-refractivity contribution in [2.45, 2.75) is 51.9 Å². The molecule has 1 aromatic rings.